The molecule has 0 aliphatic carbocycles. The minimum Gasteiger partial charge on any atom is -0.363 e. The molecule has 1 N–H and O–H groups in total. The van der Waals surface area contributed by atoms with Gasteiger partial charge >= 0.3 is 0 Å². The molecule has 4 nitrogen and oxygen atoms in total. The Morgan fingerprint density at radius 3 is 2.22 bits per heavy atom. The Labute approximate surface area is 159 Å². The minimum atomic E-state index is 0.168. The van der Waals surface area contributed by atoms with Crippen molar-refractivity contribution in [3.63, 3.8) is 0 Å². The number of benzene rings is 2. The summed E-state index contributed by atoms with van der Waals surface area (Å²) in [5, 5.41) is 8.26. The first-order valence-corrected chi connectivity index (χ1v) is 9.39. The van der Waals surface area contributed by atoms with Crippen molar-refractivity contribution in [1.29, 1.82) is 0 Å². The molecular formula is C23H24N4. The van der Waals surface area contributed by atoms with Gasteiger partial charge in [-0.25, -0.2) is 4.98 Å². The number of hydrogen-bond donors (Lipinski definition) is 1. The smallest absolute Gasteiger partial charge is 0.165 e. The maximum Gasteiger partial charge on any atom is 0.165 e. The number of fused-ring (bicyclic) bond motifs is 1. The summed E-state index contributed by atoms with van der Waals surface area (Å²) in [5.41, 5.74) is 5.36. The second-order valence-electron chi connectivity index (χ2n) is 7.16. The van der Waals surface area contributed by atoms with Gasteiger partial charge in [0.2, 0.25) is 0 Å². The van der Waals surface area contributed by atoms with Gasteiger partial charge in [0.1, 0.15) is 5.82 Å². The number of aromatic nitrogens is 3. The molecule has 1 atom stereocenters. The van der Waals surface area contributed by atoms with Crippen molar-refractivity contribution in [3.8, 4) is 11.1 Å². The summed E-state index contributed by atoms with van der Waals surface area (Å²) in [7, 11) is 0. The molecule has 4 rings (SSSR count). The van der Waals surface area contributed by atoms with Gasteiger partial charge in [0.05, 0.1) is 6.20 Å². The van der Waals surface area contributed by atoms with E-state index in [1.165, 1.54) is 5.56 Å². The van der Waals surface area contributed by atoms with Crippen molar-refractivity contribution in [2.24, 2.45) is 0 Å². The first kappa shape index (κ1) is 17.3. The molecule has 0 aliphatic heterocycles. The highest BCUT2D eigenvalue weighted by atomic mass is 15.3. The van der Waals surface area contributed by atoms with Gasteiger partial charge in [0.25, 0.3) is 0 Å². The minimum absolute atomic E-state index is 0.168. The van der Waals surface area contributed by atoms with Crippen molar-refractivity contribution >= 4 is 11.5 Å². The third kappa shape index (κ3) is 3.43. The van der Waals surface area contributed by atoms with Crippen LogP contribution in [0.4, 0.5) is 5.82 Å². The quantitative estimate of drug-likeness (QED) is 0.499. The second-order valence-corrected chi connectivity index (χ2v) is 7.16. The lowest BCUT2D eigenvalue weighted by Gasteiger charge is -2.18. The zero-order valence-electron chi connectivity index (χ0n) is 15.9. The summed E-state index contributed by atoms with van der Waals surface area (Å²) in [5.74, 6) is 1.29. The monoisotopic (exact) mass is 356 g/mol. The standard InChI is InChI=1S/C23H24N4/c1-16(2)21-14-22(25-17(3)18-10-6-4-7-11-18)27-23(26-21)20(15-24-27)19-12-8-5-9-13-19/h4-17,25H,1-3H3/t17-/m1/s1. The topological polar surface area (TPSA) is 42.2 Å². The van der Waals surface area contributed by atoms with Gasteiger partial charge in [-0.1, -0.05) is 74.5 Å². The van der Waals surface area contributed by atoms with Crippen molar-refractivity contribution in [2.45, 2.75) is 32.7 Å². The molecule has 4 aromatic rings. The van der Waals surface area contributed by atoms with Gasteiger partial charge < -0.3 is 5.32 Å². The number of rotatable bonds is 5. The summed E-state index contributed by atoms with van der Waals surface area (Å²) in [6.07, 6.45) is 1.90. The molecule has 27 heavy (non-hydrogen) atoms. The molecule has 2 aromatic carbocycles. The van der Waals surface area contributed by atoms with Crippen molar-refractivity contribution in [3.05, 3.63) is 84.2 Å². The highest BCUT2D eigenvalue weighted by molar-refractivity contribution is 5.78. The predicted octanol–water partition coefficient (Wildman–Crippen LogP) is 5.69. The maximum atomic E-state index is 4.91. The molecule has 2 aromatic heterocycles. The van der Waals surface area contributed by atoms with Crippen molar-refractivity contribution in [1.82, 2.24) is 14.6 Å². The van der Waals surface area contributed by atoms with E-state index >= 15 is 0 Å². The third-order valence-corrected chi connectivity index (χ3v) is 4.83. The van der Waals surface area contributed by atoms with Gasteiger partial charge in [-0.15, -0.1) is 0 Å². The van der Waals surface area contributed by atoms with E-state index < -0.39 is 0 Å². The fraction of sp³-hybridized carbons (Fsp3) is 0.217. The van der Waals surface area contributed by atoms with Crippen LogP contribution in [0, 0.1) is 0 Å². The molecule has 0 saturated heterocycles. The molecule has 0 spiro atoms. The van der Waals surface area contributed by atoms with Crippen LogP contribution in [0.1, 0.15) is 44.0 Å². The maximum absolute atomic E-state index is 4.91. The lowest BCUT2D eigenvalue weighted by atomic mass is 10.1. The zero-order chi connectivity index (χ0) is 18.8. The first-order valence-electron chi connectivity index (χ1n) is 9.39. The molecule has 4 heteroatoms. The van der Waals surface area contributed by atoms with Crippen LogP contribution in [0.2, 0.25) is 0 Å². The highest BCUT2D eigenvalue weighted by Gasteiger charge is 2.16. The Morgan fingerprint density at radius 2 is 1.56 bits per heavy atom. The van der Waals surface area contributed by atoms with Gasteiger partial charge in [0.15, 0.2) is 5.65 Å². The SMILES string of the molecule is CC(C)c1cc(N[C@H](C)c2ccccc2)n2ncc(-c3ccccc3)c2n1. The van der Waals surface area contributed by atoms with Crippen molar-refractivity contribution in [2.75, 3.05) is 5.32 Å². The van der Waals surface area contributed by atoms with Crippen LogP contribution < -0.4 is 5.32 Å². The first-order chi connectivity index (χ1) is 13.1. The van der Waals surface area contributed by atoms with Gasteiger partial charge in [0, 0.05) is 23.4 Å². The molecule has 136 valence electrons. The van der Waals surface area contributed by atoms with E-state index in [0.29, 0.717) is 5.92 Å². The number of nitrogens with zero attached hydrogens (tertiary/aromatic N) is 3. The van der Waals surface area contributed by atoms with Crippen LogP contribution >= 0.6 is 0 Å². The van der Waals surface area contributed by atoms with E-state index in [0.717, 1.165) is 28.3 Å². The fourth-order valence-electron chi connectivity index (χ4n) is 3.25. The predicted molar refractivity (Wildman–Crippen MR) is 111 cm³/mol. The summed E-state index contributed by atoms with van der Waals surface area (Å²) < 4.78 is 1.91. The summed E-state index contributed by atoms with van der Waals surface area (Å²) in [6, 6.07) is 23.0. The van der Waals surface area contributed by atoms with E-state index in [1.807, 2.05) is 35.0 Å². The Kier molecular flexibility index (Phi) is 4.63. The van der Waals surface area contributed by atoms with E-state index in [9.17, 15) is 0 Å². The van der Waals surface area contributed by atoms with Crippen LogP contribution in [-0.4, -0.2) is 14.6 Å². The number of nitrogens with one attached hydrogen (secondary N) is 1. The van der Waals surface area contributed by atoms with Crippen LogP contribution in [0.25, 0.3) is 16.8 Å². The molecule has 2 heterocycles. The largest absolute Gasteiger partial charge is 0.363 e. The highest BCUT2D eigenvalue weighted by Crippen LogP contribution is 2.29. The zero-order valence-corrected chi connectivity index (χ0v) is 15.9. The molecule has 0 unspecified atom stereocenters. The number of anilines is 1. The van der Waals surface area contributed by atoms with Crippen molar-refractivity contribution < 1.29 is 0 Å². The normalized spacial score (nSPS) is 12.4. The average molecular weight is 356 g/mol. The van der Waals surface area contributed by atoms with Crippen LogP contribution in [0.3, 0.4) is 0 Å². The molecule has 0 radical (unpaired) electrons. The van der Waals surface area contributed by atoms with E-state index in [2.05, 4.69) is 73.7 Å². The van der Waals surface area contributed by atoms with Crippen LogP contribution in [0.5, 0.6) is 0 Å². The average Bonchev–Trinajstić information content (AvgIpc) is 3.13. The Morgan fingerprint density at radius 1 is 0.889 bits per heavy atom. The molecule has 0 bridgehead atoms. The molecule has 0 saturated carbocycles. The molecule has 0 amide bonds. The molecular weight excluding hydrogens is 332 g/mol. The van der Waals surface area contributed by atoms with Gasteiger partial charge in [-0.2, -0.15) is 9.61 Å². The molecule has 0 aliphatic rings. The summed E-state index contributed by atoms with van der Waals surface area (Å²) >= 11 is 0. The van der Waals surface area contributed by atoms with Crippen LogP contribution in [-0.2, 0) is 0 Å². The lowest BCUT2D eigenvalue weighted by Crippen LogP contribution is -2.12. The summed E-state index contributed by atoms with van der Waals surface area (Å²) in [6.45, 7) is 6.50. The van der Waals surface area contributed by atoms with Gasteiger partial charge in [-0.3, -0.25) is 0 Å². The Balaban J connectivity index is 1.81. The Bertz CT molecular complexity index is 1040. The number of hydrogen-bond acceptors (Lipinski definition) is 3. The second kappa shape index (κ2) is 7.23. The lowest BCUT2D eigenvalue weighted by molar-refractivity contribution is 0.795. The van der Waals surface area contributed by atoms with Gasteiger partial charge in [-0.05, 0) is 24.0 Å². The summed E-state index contributed by atoms with van der Waals surface area (Å²) in [4.78, 5) is 4.91. The van der Waals surface area contributed by atoms with Crippen LogP contribution in [0.15, 0.2) is 72.9 Å². The Hall–Kier alpha value is -3.14. The fourth-order valence-corrected chi connectivity index (χ4v) is 3.25. The third-order valence-electron chi connectivity index (χ3n) is 4.83. The van der Waals surface area contributed by atoms with E-state index in [-0.39, 0.29) is 6.04 Å². The van der Waals surface area contributed by atoms with E-state index in [1.54, 1.807) is 0 Å². The molecule has 0 fully saturated rings. The van der Waals surface area contributed by atoms with E-state index in [4.69, 9.17) is 4.98 Å².